The molecule has 1 amide bonds. The summed E-state index contributed by atoms with van der Waals surface area (Å²) in [5.41, 5.74) is -0.0207. The van der Waals surface area contributed by atoms with Crippen molar-refractivity contribution in [3.8, 4) is 6.07 Å². The van der Waals surface area contributed by atoms with Crippen LogP contribution < -0.4 is 0 Å². The van der Waals surface area contributed by atoms with E-state index in [2.05, 4.69) is 15.9 Å². The number of nitro groups is 1. The van der Waals surface area contributed by atoms with Gasteiger partial charge in [-0.3, -0.25) is 14.9 Å². The van der Waals surface area contributed by atoms with Crippen molar-refractivity contribution in [2.45, 2.75) is 13.0 Å². The minimum absolute atomic E-state index is 0.122. The second kappa shape index (κ2) is 5.60. The summed E-state index contributed by atoms with van der Waals surface area (Å²) in [5.74, 6) is -0.445. The van der Waals surface area contributed by atoms with Gasteiger partial charge in [-0.25, -0.2) is 0 Å². The van der Waals surface area contributed by atoms with Gasteiger partial charge in [-0.2, -0.15) is 5.26 Å². The first-order chi connectivity index (χ1) is 8.40. The van der Waals surface area contributed by atoms with Crippen molar-refractivity contribution >= 4 is 27.5 Å². The first kappa shape index (κ1) is 14.1. The molecule has 0 aliphatic carbocycles. The van der Waals surface area contributed by atoms with E-state index in [1.807, 2.05) is 6.07 Å². The number of benzene rings is 1. The molecule has 0 aromatic heterocycles. The van der Waals surface area contributed by atoms with Crippen molar-refractivity contribution in [2.24, 2.45) is 0 Å². The van der Waals surface area contributed by atoms with Gasteiger partial charge in [0.05, 0.1) is 16.6 Å². The molecule has 6 nitrogen and oxygen atoms in total. The minimum Gasteiger partial charge on any atom is -0.326 e. The van der Waals surface area contributed by atoms with Crippen LogP contribution in [0.5, 0.6) is 0 Å². The molecular formula is C11H10BrN3O3. The molecule has 1 rings (SSSR count). The Morgan fingerprint density at radius 3 is 2.72 bits per heavy atom. The Balaban J connectivity index is 3.19. The predicted octanol–water partition coefficient (Wildman–Crippen LogP) is 2.34. The Morgan fingerprint density at radius 1 is 1.61 bits per heavy atom. The van der Waals surface area contributed by atoms with Crippen LogP contribution in [0.3, 0.4) is 0 Å². The third kappa shape index (κ3) is 2.65. The third-order valence-corrected chi connectivity index (χ3v) is 3.33. The lowest BCUT2D eigenvalue weighted by Crippen LogP contribution is -2.34. The van der Waals surface area contributed by atoms with Crippen LogP contribution in [-0.4, -0.2) is 28.8 Å². The summed E-state index contributed by atoms with van der Waals surface area (Å²) in [7, 11) is 1.47. The molecule has 1 unspecified atom stereocenters. The van der Waals surface area contributed by atoms with E-state index in [0.717, 1.165) is 0 Å². The van der Waals surface area contributed by atoms with Crippen molar-refractivity contribution in [1.29, 1.82) is 5.26 Å². The van der Waals surface area contributed by atoms with Crippen LogP contribution in [0.1, 0.15) is 17.3 Å². The molecule has 1 aromatic rings. The highest BCUT2D eigenvalue weighted by molar-refractivity contribution is 9.10. The van der Waals surface area contributed by atoms with Crippen molar-refractivity contribution in [2.75, 3.05) is 7.05 Å². The highest BCUT2D eigenvalue weighted by Gasteiger charge is 2.23. The molecule has 0 heterocycles. The maximum Gasteiger partial charge on any atom is 0.284 e. The van der Waals surface area contributed by atoms with E-state index in [9.17, 15) is 14.9 Å². The van der Waals surface area contributed by atoms with Crippen LogP contribution in [-0.2, 0) is 0 Å². The maximum absolute atomic E-state index is 12.1. The molecule has 0 N–H and O–H groups in total. The fraction of sp³-hybridized carbons (Fsp3) is 0.273. The van der Waals surface area contributed by atoms with E-state index < -0.39 is 16.9 Å². The van der Waals surface area contributed by atoms with Crippen molar-refractivity contribution < 1.29 is 9.72 Å². The standard InChI is InChI=1S/C11H10BrN3O3/c1-7(6-13)14(2)11(16)8-4-3-5-9(10(8)12)15(17)18/h3-5,7H,1-2H3. The molecule has 1 atom stereocenters. The number of carbonyl (C=O) groups excluding carboxylic acids is 1. The van der Waals surface area contributed by atoms with Gasteiger partial charge in [0, 0.05) is 13.1 Å². The van der Waals surface area contributed by atoms with Gasteiger partial charge in [0.25, 0.3) is 11.6 Å². The van der Waals surface area contributed by atoms with Gasteiger partial charge in [0.15, 0.2) is 0 Å². The number of rotatable bonds is 3. The van der Waals surface area contributed by atoms with E-state index in [1.165, 1.54) is 30.1 Å². The predicted molar refractivity (Wildman–Crippen MR) is 68.0 cm³/mol. The second-order valence-corrected chi connectivity index (χ2v) is 4.41. The Labute approximate surface area is 112 Å². The summed E-state index contributed by atoms with van der Waals surface area (Å²) in [6.45, 7) is 1.57. The number of halogens is 1. The molecule has 7 heteroatoms. The molecule has 0 aliphatic heterocycles. The van der Waals surface area contributed by atoms with E-state index in [4.69, 9.17) is 5.26 Å². The van der Waals surface area contributed by atoms with E-state index >= 15 is 0 Å². The average molecular weight is 312 g/mol. The van der Waals surface area contributed by atoms with Crippen LogP contribution in [0.25, 0.3) is 0 Å². The summed E-state index contributed by atoms with van der Waals surface area (Å²) in [4.78, 5) is 23.5. The van der Waals surface area contributed by atoms with Crippen LogP contribution in [0.4, 0.5) is 5.69 Å². The fourth-order valence-corrected chi connectivity index (χ4v) is 1.86. The van der Waals surface area contributed by atoms with E-state index in [-0.39, 0.29) is 15.7 Å². The molecule has 18 heavy (non-hydrogen) atoms. The van der Waals surface area contributed by atoms with Gasteiger partial charge < -0.3 is 4.90 Å². The number of hydrogen-bond donors (Lipinski definition) is 0. The van der Waals surface area contributed by atoms with E-state index in [1.54, 1.807) is 6.92 Å². The zero-order valence-electron chi connectivity index (χ0n) is 9.75. The quantitative estimate of drug-likeness (QED) is 0.633. The SMILES string of the molecule is CC(C#N)N(C)C(=O)c1cccc([N+](=O)[O-])c1Br. The lowest BCUT2D eigenvalue weighted by molar-refractivity contribution is -0.385. The number of nitro benzene ring substituents is 1. The summed E-state index contributed by atoms with van der Waals surface area (Å²) >= 11 is 3.05. The number of amides is 1. The van der Waals surface area contributed by atoms with Crippen LogP contribution in [0.15, 0.2) is 22.7 Å². The van der Waals surface area contributed by atoms with Gasteiger partial charge in [-0.05, 0) is 28.9 Å². The van der Waals surface area contributed by atoms with Gasteiger partial charge >= 0.3 is 0 Å². The maximum atomic E-state index is 12.1. The van der Waals surface area contributed by atoms with Gasteiger partial charge in [-0.1, -0.05) is 6.07 Å². The number of hydrogen-bond acceptors (Lipinski definition) is 4. The van der Waals surface area contributed by atoms with E-state index in [0.29, 0.717) is 0 Å². The summed E-state index contributed by atoms with van der Waals surface area (Å²) in [6.07, 6.45) is 0. The van der Waals surface area contributed by atoms with Crippen molar-refractivity contribution in [1.82, 2.24) is 4.90 Å². The lowest BCUT2D eigenvalue weighted by Gasteiger charge is -2.19. The molecule has 0 spiro atoms. The van der Waals surface area contributed by atoms with Crippen LogP contribution in [0, 0.1) is 21.4 Å². The number of nitriles is 1. The monoisotopic (exact) mass is 311 g/mol. The molecule has 0 aliphatic rings. The zero-order chi connectivity index (χ0) is 13.9. The molecule has 0 fully saturated rings. The van der Waals surface area contributed by atoms with Gasteiger partial charge in [0.2, 0.25) is 0 Å². The van der Waals surface area contributed by atoms with Crippen LogP contribution in [0.2, 0.25) is 0 Å². The summed E-state index contributed by atoms with van der Waals surface area (Å²) in [5, 5.41) is 19.5. The molecule has 1 aromatic carbocycles. The van der Waals surface area contributed by atoms with Crippen LogP contribution >= 0.6 is 15.9 Å². The molecular weight excluding hydrogens is 302 g/mol. The normalized spacial score (nSPS) is 11.4. The Bertz CT molecular complexity index is 539. The average Bonchev–Trinajstić information content (AvgIpc) is 2.36. The smallest absolute Gasteiger partial charge is 0.284 e. The Hall–Kier alpha value is -1.94. The first-order valence-corrected chi connectivity index (χ1v) is 5.79. The highest BCUT2D eigenvalue weighted by Crippen LogP contribution is 2.29. The highest BCUT2D eigenvalue weighted by atomic mass is 79.9. The first-order valence-electron chi connectivity index (χ1n) is 4.99. The molecule has 0 saturated carbocycles. The zero-order valence-corrected chi connectivity index (χ0v) is 11.3. The molecule has 0 radical (unpaired) electrons. The van der Waals surface area contributed by atoms with Crippen molar-refractivity contribution in [3.63, 3.8) is 0 Å². The summed E-state index contributed by atoms with van der Waals surface area (Å²) < 4.78 is 0.122. The van der Waals surface area contributed by atoms with Gasteiger partial charge in [-0.15, -0.1) is 0 Å². The summed E-state index contributed by atoms with van der Waals surface area (Å²) in [6, 6.07) is 5.52. The minimum atomic E-state index is -0.608. The topological polar surface area (TPSA) is 87.2 Å². The molecule has 94 valence electrons. The molecule has 0 saturated heterocycles. The largest absolute Gasteiger partial charge is 0.326 e. The lowest BCUT2D eigenvalue weighted by atomic mass is 10.1. The fourth-order valence-electron chi connectivity index (χ4n) is 1.28. The Morgan fingerprint density at radius 2 is 2.22 bits per heavy atom. The Kier molecular flexibility index (Phi) is 4.39. The number of carbonyl (C=O) groups is 1. The number of nitrogens with zero attached hydrogens (tertiary/aromatic N) is 3. The third-order valence-electron chi connectivity index (χ3n) is 2.49. The van der Waals surface area contributed by atoms with Crippen molar-refractivity contribution in [3.05, 3.63) is 38.3 Å². The second-order valence-electron chi connectivity index (χ2n) is 3.62. The van der Waals surface area contributed by atoms with Gasteiger partial charge in [0.1, 0.15) is 10.5 Å². The molecule has 0 bridgehead atoms.